The Morgan fingerprint density at radius 2 is 2.06 bits per heavy atom. The number of ether oxygens (including phenoxy) is 1. The van der Waals surface area contributed by atoms with E-state index in [9.17, 15) is 0 Å². The van der Waals surface area contributed by atoms with Gasteiger partial charge in [-0.2, -0.15) is 0 Å². The molecule has 3 nitrogen and oxygen atoms in total. The van der Waals surface area contributed by atoms with Gasteiger partial charge >= 0.3 is 0 Å². The molecule has 1 unspecified atom stereocenters. The number of nitrogens with one attached hydrogen (secondary N) is 1. The number of nitrogens with zero attached hydrogens (tertiary/aromatic N) is 1. The summed E-state index contributed by atoms with van der Waals surface area (Å²) >= 11 is 0. The Balaban J connectivity index is 1.80. The minimum absolute atomic E-state index is 0.388. The van der Waals surface area contributed by atoms with Crippen molar-refractivity contribution in [1.82, 2.24) is 10.2 Å². The fraction of sp³-hybridized carbons (Fsp3) is 1.00. The van der Waals surface area contributed by atoms with Gasteiger partial charge in [0, 0.05) is 25.1 Å². The molecule has 2 heterocycles. The van der Waals surface area contributed by atoms with E-state index >= 15 is 0 Å². The number of hydrogen-bond acceptors (Lipinski definition) is 3. The van der Waals surface area contributed by atoms with Gasteiger partial charge in [-0.25, -0.2) is 0 Å². The average Bonchev–Trinajstić information content (AvgIpc) is 2.90. The van der Waals surface area contributed by atoms with Crippen molar-refractivity contribution in [3.8, 4) is 0 Å². The second kappa shape index (κ2) is 6.17. The van der Waals surface area contributed by atoms with E-state index in [4.69, 9.17) is 4.74 Å². The van der Waals surface area contributed by atoms with Gasteiger partial charge in [0.05, 0.1) is 6.61 Å². The molecular weight excluding hydrogens is 212 g/mol. The highest BCUT2D eigenvalue weighted by molar-refractivity contribution is 4.89. The Morgan fingerprint density at radius 3 is 2.65 bits per heavy atom. The second-order valence-corrected chi connectivity index (χ2v) is 6.31. The van der Waals surface area contributed by atoms with E-state index in [0.29, 0.717) is 5.41 Å². The van der Waals surface area contributed by atoms with Gasteiger partial charge in [0.2, 0.25) is 0 Å². The molecule has 0 bridgehead atoms. The molecule has 0 aromatic heterocycles. The zero-order valence-corrected chi connectivity index (χ0v) is 11.5. The first-order chi connectivity index (χ1) is 8.20. The molecule has 0 saturated carbocycles. The normalized spacial score (nSPS) is 30.5. The molecule has 1 atom stereocenters. The fourth-order valence-corrected chi connectivity index (χ4v) is 3.01. The van der Waals surface area contributed by atoms with Crippen LogP contribution in [0.3, 0.4) is 0 Å². The van der Waals surface area contributed by atoms with E-state index in [-0.39, 0.29) is 0 Å². The van der Waals surface area contributed by atoms with E-state index in [2.05, 4.69) is 24.1 Å². The van der Waals surface area contributed by atoms with Gasteiger partial charge in [0.15, 0.2) is 0 Å². The maximum atomic E-state index is 5.66. The first kappa shape index (κ1) is 13.3. The van der Waals surface area contributed by atoms with Crippen LogP contribution in [0.1, 0.15) is 33.1 Å². The third-order valence-corrected chi connectivity index (χ3v) is 4.00. The molecule has 2 saturated heterocycles. The van der Waals surface area contributed by atoms with Crippen LogP contribution in [0.5, 0.6) is 0 Å². The van der Waals surface area contributed by atoms with Crippen LogP contribution < -0.4 is 5.32 Å². The van der Waals surface area contributed by atoms with Gasteiger partial charge in [0.25, 0.3) is 0 Å². The molecule has 0 aromatic carbocycles. The minimum Gasteiger partial charge on any atom is -0.381 e. The van der Waals surface area contributed by atoms with Crippen LogP contribution in [0, 0.1) is 11.3 Å². The van der Waals surface area contributed by atoms with Crippen LogP contribution >= 0.6 is 0 Å². The third-order valence-electron chi connectivity index (χ3n) is 4.00. The third kappa shape index (κ3) is 3.94. The molecule has 100 valence electrons. The number of hydrogen-bond donors (Lipinski definition) is 1. The average molecular weight is 240 g/mol. The van der Waals surface area contributed by atoms with E-state index in [1.54, 1.807) is 0 Å². The molecule has 17 heavy (non-hydrogen) atoms. The van der Waals surface area contributed by atoms with Crippen LogP contribution in [-0.2, 0) is 4.74 Å². The van der Waals surface area contributed by atoms with Crippen molar-refractivity contribution >= 4 is 0 Å². The minimum atomic E-state index is 0.388. The van der Waals surface area contributed by atoms with Crippen molar-refractivity contribution in [3.63, 3.8) is 0 Å². The Bertz CT molecular complexity index is 218. The van der Waals surface area contributed by atoms with Crippen molar-refractivity contribution in [2.45, 2.75) is 33.1 Å². The molecule has 0 amide bonds. The molecule has 2 rings (SSSR count). The van der Waals surface area contributed by atoms with Crippen LogP contribution in [0.4, 0.5) is 0 Å². The van der Waals surface area contributed by atoms with Crippen molar-refractivity contribution in [2.24, 2.45) is 11.3 Å². The summed E-state index contributed by atoms with van der Waals surface area (Å²) in [6, 6.07) is 0. The smallest absolute Gasteiger partial charge is 0.0547 e. The molecule has 0 aliphatic carbocycles. The summed E-state index contributed by atoms with van der Waals surface area (Å²) in [6.45, 7) is 12.5. The monoisotopic (exact) mass is 240 g/mol. The highest BCUT2D eigenvalue weighted by Crippen LogP contribution is 2.30. The lowest BCUT2D eigenvalue weighted by Gasteiger charge is -2.32. The van der Waals surface area contributed by atoms with Gasteiger partial charge in [-0.05, 0) is 44.8 Å². The standard InChI is InChI=1S/C14H28N2O/c1-13(2)9-15-10-14(5-8-17-12-14)11-16-6-3-4-7-16/h13,15H,3-12H2,1-2H3. The molecule has 3 heteroatoms. The molecule has 2 aliphatic rings. The van der Waals surface area contributed by atoms with E-state index in [0.717, 1.165) is 32.2 Å². The molecule has 2 aliphatic heterocycles. The quantitative estimate of drug-likeness (QED) is 0.765. The number of likely N-dealkylation sites (tertiary alicyclic amines) is 1. The van der Waals surface area contributed by atoms with Crippen LogP contribution in [0.15, 0.2) is 0 Å². The molecule has 1 N–H and O–H groups in total. The SMILES string of the molecule is CC(C)CNCC1(CN2CCCC2)CCOC1. The van der Waals surface area contributed by atoms with Crippen molar-refractivity contribution < 1.29 is 4.74 Å². The predicted octanol–water partition coefficient (Wildman–Crippen LogP) is 1.73. The summed E-state index contributed by atoms with van der Waals surface area (Å²) in [5, 5.41) is 3.63. The fourth-order valence-electron chi connectivity index (χ4n) is 3.01. The summed E-state index contributed by atoms with van der Waals surface area (Å²) in [7, 11) is 0. The van der Waals surface area contributed by atoms with Crippen LogP contribution in [0.25, 0.3) is 0 Å². The maximum Gasteiger partial charge on any atom is 0.0547 e. The van der Waals surface area contributed by atoms with Crippen LogP contribution in [0.2, 0.25) is 0 Å². The summed E-state index contributed by atoms with van der Waals surface area (Å²) in [5.74, 6) is 0.737. The lowest BCUT2D eigenvalue weighted by Crippen LogP contribution is -2.44. The van der Waals surface area contributed by atoms with Crippen molar-refractivity contribution in [1.29, 1.82) is 0 Å². The Hall–Kier alpha value is -0.120. The summed E-state index contributed by atoms with van der Waals surface area (Å²) in [5.41, 5.74) is 0.388. The van der Waals surface area contributed by atoms with Crippen molar-refractivity contribution in [3.05, 3.63) is 0 Å². The predicted molar refractivity (Wildman–Crippen MR) is 71.3 cm³/mol. The van der Waals surface area contributed by atoms with Crippen LogP contribution in [-0.4, -0.2) is 50.8 Å². The van der Waals surface area contributed by atoms with Crippen molar-refractivity contribution in [2.75, 3.05) is 45.9 Å². The van der Waals surface area contributed by atoms with Gasteiger partial charge < -0.3 is 15.0 Å². The molecular formula is C14H28N2O. The zero-order valence-electron chi connectivity index (χ0n) is 11.5. The Labute approximate surface area is 106 Å². The van der Waals surface area contributed by atoms with E-state index in [1.165, 1.54) is 38.9 Å². The lowest BCUT2D eigenvalue weighted by molar-refractivity contribution is 0.118. The lowest BCUT2D eigenvalue weighted by atomic mass is 9.86. The maximum absolute atomic E-state index is 5.66. The largest absolute Gasteiger partial charge is 0.381 e. The second-order valence-electron chi connectivity index (χ2n) is 6.31. The first-order valence-electron chi connectivity index (χ1n) is 7.21. The summed E-state index contributed by atoms with van der Waals surface area (Å²) in [4.78, 5) is 2.63. The summed E-state index contributed by atoms with van der Waals surface area (Å²) in [6.07, 6.45) is 4.00. The highest BCUT2D eigenvalue weighted by atomic mass is 16.5. The van der Waals surface area contributed by atoms with Gasteiger partial charge in [-0.3, -0.25) is 0 Å². The number of rotatable bonds is 6. The van der Waals surface area contributed by atoms with E-state index < -0.39 is 0 Å². The Kier molecular flexibility index (Phi) is 4.83. The molecule has 0 radical (unpaired) electrons. The van der Waals surface area contributed by atoms with E-state index in [1.807, 2.05) is 0 Å². The molecule has 2 fully saturated rings. The highest BCUT2D eigenvalue weighted by Gasteiger charge is 2.36. The zero-order chi connectivity index (χ0) is 12.1. The van der Waals surface area contributed by atoms with Gasteiger partial charge in [0.1, 0.15) is 0 Å². The van der Waals surface area contributed by atoms with Gasteiger partial charge in [-0.1, -0.05) is 13.8 Å². The molecule has 0 spiro atoms. The summed E-state index contributed by atoms with van der Waals surface area (Å²) < 4.78 is 5.66. The Morgan fingerprint density at radius 1 is 1.29 bits per heavy atom. The molecule has 0 aromatic rings. The van der Waals surface area contributed by atoms with Gasteiger partial charge in [-0.15, -0.1) is 0 Å². The topological polar surface area (TPSA) is 24.5 Å². The first-order valence-corrected chi connectivity index (χ1v) is 7.21.